The highest BCUT2D eigenvalue weighted by Gasteiger charge is 2.22. The monoisotopic (exact) mass is 220 g/mol. The van der Waals surface area contributed by atoms with Crippen LogP contribution in [0.15, 0.2) is 22.6 Å². The van der Waals surface area contributed by atoms with Crippen LogP contribution >= 0.6 is 0 Å². The van der Waals surface area contributed by atoms with Crippen LogP contribution in [-0.4, -0.2) is 22.2 Å². The minimum absolute atomic E-state index is 0.185. The van der Waals surface area contributed by atoms with Crippen LogP contribution in [0.5, 0.6) is 0 Å². The lowest BCUT2D eigenvalue weighted by Gasteiger charge is -2.18. The first-order valence-electron chi connectivity index (χ1n) is 5.29. The average molecular weight is 220 g/mol. The minimum atomic E-state index is -0.964. The van der Waals surface area contributed by atoms with E-state index in [0.29, 0.717) is 12.3 Å². The van der Waals surface area contributed by atoms with Gasteiger partial charge in [0, 0.05) is 6.54 Å². The molecule has 0 bridgehead atoms. The molecule has 1 atom stereocenters. The van der Waals surface area contributed by atoms with Crippen molar-refractivity contribution in [2.45, 2.75) is 25.9 Å². The molecule has 0 fully saturated rings. The summed E-state index contributed by atoms with van der Waals surface area (Å²) in [4.78, 5) is 4.32. The number of nitrogens with zero attached hydrogens (tertiary/aromatic N) is 1. The van der Waals surface area contributed by atoms with Gasteiger partial charge in [0.25, 0.3) is 0 Å². The van der Waals surface area contributed by atoms with Gasteiger partial charge in [0.15, 0.2) is 11.5 Å². The molecule has 1 unspecified atom stereocenters. The van der Waals surface area contributed by atoms with Gasteiger partial charge in [-0.2, -0.15) is 0 Å². The highest BCUT2D eigenvalue weighted by atomic mass is 16.4. The van der Waals surface area contributed by atoms with Crippen molar-refractivity contribution < 1.29 is 9.52 Å². The molecule has 4 heteroatoms. The maximum atomic E-state index is 9.85. The van der Waals surface area contributed by atoms with Crippen LogP contribution in [0.2, 0.25) is 0 Å². The van der Waals surface area contributed by atoms with Gasteiger partial charge in [-0.15, -0.1) is 0 Å². The van der Waals surface area contributed by atoms with Gasteiger partial charge >= 0.3 is 0 Å². The summed E-state index contributed by atoms with van der Waals surface area (Å²) in [5, 5.41) is 9.85. The third-order valence-corrected chi connectivity index (χ3v) is 2.63. The second-order valence-corrected chi connectivity index (χ2v) is 4.41. The number of para-hydroxylation sites is 1. The van der Waals surface area contributed by atoms with E-state index in [9.17, 15) is 5.11 Å². The van der Waals surface area contributed by atoms with E-state index >= 15 is 0 Å². The standard InChI is InChI=1S/C12H16N2O2/c1-8-4-3-5-9-11(8)16-10(14-9)6-12(2,15)7-13/h3-5,15H,6-7,13H2,1-2H3. The zero-order valence-electron chi connectivity index (χ0n) is 9.53. The molecule has 16 heavy (non-hydrogen) atoms. The molecule has 86 valence electrons. The summed E-state index contributed by atoms with van der Waals surface area (Å²) in [6, 6.07) is 5.80. The van der Waals surface area contributed by atoms with Crippen molar-refractivity contribution in [2.75, 3.05) is 6.54 Å². The van der Waals surface area contributed by atoms with Crippen molar-refractivity contribution in [1.29, 1.82) is 0 Å². The first-order valence-corrected chi connectivity index (χ1v) is 5.29. The predicted molar refractivity (Wildman–Crippen MR) is 62.1 cm³/mol. The van der Waals surface area contributed by atoms with E-state index in [1.54, 1.807) is 6.92 Å². The van der Waals surface area contributed by atoms with Gasteiger partial charge in [0.05, 0.1) is 12.0 Å². The highest BCUT2D eigenvalue weighted by molar-refractivity contribution is 5.75. The summed E-state index contributed by atoms with van der Waals surface area (Å²) in [7, 11) is 0. The fourth-order valence-electron chi connectivity index (χ4n) is 1.61. The van der Waals surface area contributed by atoms with E-state index in [0.717, 1.165) is 16.7 Å². The topological polar surface area (TPSA) is 72.3 Å². The molecule has 0 saturated carbocycles. The Balaban J connectivity index is 2.37. The van der Waals surface area contributed by atoms with Crippen LogP contribution in [0, 0.1) is 6.92 Å². The van der Waals surface area contributed by atoms with E-state index in [4.69, 9.17) is 10.2 Å². The molecule has 0 aliphatic carbocycles. The molecule has 1 aromatic heterocycles. The van der Waals surface area contributed by atoms with Crippen LogP contribution in [-0.2, 0) is 6.42 Å². The van der Waals surface area contributed by atoms with Crippen molar-refractivity contribution >= 4 is 11.1 Å². The van der Waals surface area contributed by atoms with Crippen LogP contribution in [0.3, 0.4) is 0 Å². The molecule has 3 N–H and O–H groups in total. The first-order chi connectivity index (χ1) is 7.52. The number of aromatic nitrogens is 1. The summed E-state index contributed by atoms with van der Waals surface area (Å²) in [5.41, 5.74) is 7.15. The summed E-state index contributed by atoms with van der Waals surface area (Å²) >= 11 is 0. The van der Waals surface area contributed by atoms with Crippen LogP contribution in [0.1, 0.15) is 18.4 Å². The number of rotatable bonds is 3. The van der Waals surface area contributed by atoms with Crippen LogP contribution < -0.4 is 5.73 Å². The second kappa shape index (κ2) is 3.88. The van der Waals surface area contributed by atoms with Crippen LogP contribution in [0.4, 0.5) is 0 Å². The number of hydrogen-bond acceptors (Lipinski definition) is 4. The fraction of sp³-hybridized carbons (Fsp3) is 0.417. The third kappa shape index (κ3) is 2.08. The summed E-state index contributed by atoms with van der Waals surface area (Å²) in [6.45, 7) is 3.83. The van der Waals surface area contributed by atoms with E-state index in [1.807, 2.05) is 25.1 Å². The zero-order valence-corrected chi connectivity index (χ0v) is 9.53. The molecule has 0 radical (unpaired) electrons. The Morgan fingerprint density at radius 2 is 2.25 bits per heavy atom. The van der Waals surface area contributed by atoms with E-state index in [2.05, 4.69) is 4.98 Å². The van der Waals surface area contributed by atoms with Crippen molar-refractivity contribution in [3.05, 3.63) is 29.7 Å². The Hall–Kier alpha value is -1.39. The smallest absolute Gasteiger partial charge is 0.198 e. The molecular weight excluding hydrogens is 204 g/mol. The normalized spacial score (nSPS) is 15.2. The molecule has 0 spiro atoms. The Kier molecular flexibility index (Phi) is 2.69. The van der Waals surface area contributed by atoms with Gasteiger partial charge < -0.3 is 15.3 Å². The maximum absolute atomic E-state index is 9.85. The van der Waals surface area contributed by atoms with Crippen LogP contribution in [0.25, 0.3) is 11.1 Å². The Bertz CT molecular complexity index is 503. The number of aliphatic hydroxyl groups is 1. The van der Waals surface area contributed by atoms with Crippen molar-refractivity contribution in [1.82, 2.24) is 4.98 Å². The number of hydrogen-bond donors (Lipinski definition) is 2. The SMILES string of the molecule is Cc1cccc2nc(CC(C)(O)CN)oc12. The van der Waals surface area contributed by atoms with E-state index in [-0.39, 0.29) is 6.54 Å². The maximum Gasteiger partial charge on any atom is 0.198 e. The van der Waals surface area contributed by atoms with Gasteiger partial charge in [0.1, 0.15) is 5.52 Å². The molecule has 0 aliphatic heterocycles. The Morgan fingerprint density at radius 3 is 2.88 bits per heavy atom. The number of benzene rings is 1. The molecule has 2 aromatic rings. The summed E-state index contributed by atoms with van der Waals surface area (Å²) in [5.74, 6) is 0.528. The van der Waals surface area contributed by atoms with Gasteiger partial charge in [-0.05, 0) is 25.5 Å². The summed E-state index contributed by atoms with van der Waals surface area (Å²) in [6.07, 6.45) is 0.331. The lowest BCUT2D eigenvalue weighted by atomic mass is 10.0. The van der Waals surface area contributed by atoms with Crippen molar-refractivity contribution in [3.8, 4) is 0 Å². The molecule has 1 heterocycles. The summed E-state index contributed by atoms with van der Waals surface area (Å²) < 4.78 is 5.61. The quantitative estimate of drug-likeness (QED) is 0.819. The predicted octanol–water partition coefficient (Wildman–Crippen LogP) is 1.39. The van der Waals surface area contributed by atoms with E-state index in [1.165, 1.54) is 0 Å². The minimum Gasteiger partial charge on any atom is -0.440 e. The number of fused-ring (bicyclic) bond motifs is 1. The zero-order chi connectivity index (χ0) is 11.8. The number of nitrogens with two attached hydrogens (primary N) is 1. The number of aryl methyl sites for hydroxylation is 1. The lowest BCUT2D eigenvalue weighted by Crippen LogP contribution is -2.36. The largest absolute Gasteiger partial charge is 0.440 e. The van der Waals surface area contributed by atoms with Gasteiger partial charge in [0.2, 0.25) is 0 Å². The Labute approximate surface area is 94.1 Å². The van der Waals surface area contributed by atoms with Gasteiger partial charge in [-0.1, -0.05) is 12.1 Å². The highest BCUT2D eigenvalue weighted by Crippen LogP contribution is 2.21. The molecule has 0 saturated heterocycles. The van der Waals surface area contributed by atoms with Gasteiger partial charge in [-0.3, -0.25) is 0 Å². The molecule has 0 amide bonds. The third-order valence-electron chi connectivity index (χ3n) is 2.63. The van der Waals surface area contributed by atoms with E-state index < -0.39 is 5.60 Å². The second-order valence-electron chi connectivity index (χ2n) is 4.41. The number of oxazole rings is 1. The molecular formula is C12H16N2O2. The molecule has 1 aromatic carbocycles. The van der Waals surface area contributed by atoms with Crippen molar-refractivity contribution in [2.24, 2.45) is 5.73 Å². The molecule has 0 aliphatic rings. The van der Waals surface area contributed by atoms with Crippen molar-refractivity contribution in [3.63, 3.8) is 0 Å². The van der Waals surface area contributed by atoms with Gasteiger partial charge in [-0.25, -0.2) is 4.98 Å². The fourth-order valence-corrected chi connectivity index (χ4v) is 1.61. The molecule has 2 rings (SSSR count). The lowest BCUT2D eigenvalue weighted by molar-refractivity contribution is 0.0632. The molecule has 4 nitrogen and oxygen atoms in total. The average Bonchev–Trinajstić information content (AvgIpc) is 2.61. The first kappa shape index (κ1) is 11.1. The Morgan fingerprint density at radius 1 is 1.50 bits per heavy atom.